The zero-order chi connectivity index (χ0) is 23.7. The summed E-state index contributed by atoms with van der Waals surface area (Å²) in [6.45, 7) is 2.84. The van der Waals surface area contributed by atoms with Gasteiger partial charge in [0.15, 0.2) is 0 Å². The molecule has 0 unspecified atom stereocenters. The van der Waals surface area contributed by atoms with Crippen molar-refractivity contribution in [2.75, 3.05) is 18.4 Å². The normalized spacial score (nSPS) is 14.9. The molecule has 0 spiro atoms. The number of carbonyl (C=O) groups is 1. The lowest BCUT2D eigenvalue weighted by Gasteiger charge is -2.25. The van der Waals surface area contributed by atoms with Gasteiger partial charge in [-0.05, 0) is 50.1 Å². The highest BCUT2D eigenvalue weighted by atomic mass is 32.2. The number of rotatable bonds is 5. The van der Waals surface area contributed by atoms with Gasteiger partial charge in [-0.25, -0.2) is 13.4 Å². The molecule has 1 aliphatic rings. The van der Waals surface area contributed by atoms with E-state index in [2.05, 4.69) is 15.5 Å². The number of aromatic nitrogens is 2. The van der Waals surface area contributed by atoms with Crippen LogP contribution in [-0.4, -0.2) is 41.9 Å². The molecule has 0 atom stereocenters. The maximum atomic E-state index is 13.3. The lowest BCUT2D eigenvalue weighted by atomic mass is 10.1. The fourth-order valence-corrected chi connectivity index (χ4v) is 5.71. The summed E-state index contributed by atoms with van der Waals surface area (Å²) in [5.41, 5.74) is 3.16. The number of aryl methyl sites for hydroxylation is 1. The smallest absolute Gasteiger partial charge is 0.259 e. The Hall–Kier alpha value is -3.56. The van der Waals surface area contributed by atoms with E-state index in [1.807, 2.05) is 30.3 Å². The summed E-state index contributed by atoms with van der Waals surface area (Å²) >= 11 is 0. The van der Waals surface area contributed by atoms with Gasteiger partial charge in [-0.1, -0.05) is 41.9 Å². The van der Waals surface area contributed by atoms with Gasteiger partial charge in [0.25, 0.3) is 11.6 Å². The first-order valence-corrected chi connectivity index (χ1v) is 12.6. The van der Waals surface area contributed by atoms with Crippen LogP contribution in [-0.2, 0) is 10.0 Å². The predicted molar refractivity (Wildman–Crippen MR) is 129 cm³/mol. The summed E-state index contributed by atoms with van der Waals surface area (Å²) in [5.74, 6) is -0.359. The SMILES string of the molecule is Cc1noc2nc(-c3ccccc3)cc(C(=O)Nc3ccc(S(=O)(=O)N4CCCCC4)cc3)c12. The Kier molecular flexibility index (Phi) is 5.89. The third-order valence-electron chi connectivity index (χ3n) is 6.00. The maximum absolute atomic E-state index is 13.3. The van der Waals surface area contributed by atoms with Crippen LogP contribution in [0, 0.1) is 6.92 Å². The average Bonchev–Trinajstić information content (AvgIpc) is 3.25. The average molecular weight is 477 g/mol. The Balaban J connectivity index is 1.43. The lowest BCUT2D eigenvalue weighted by Crippen LogP contribution is -2.35. The second-order valence-electron chi connectivity index (χ2n) is 8.31. The highest BCUT2D eigenvalue weighted by Crippen LogP contribution is 2.28. The summed E-state index contributed by atoms with van der Waals surface area (Å²) in [7, 11) is -3.53. The van der Waals surface area contributed by atoms with Crippen molar-refractivity contribution in [1.29, 1.82) is 0 Å². The van der Waals surface area contributed by atoms with Gasteiger partial charge in [0.2, 0.25) is 10.0 Å². The highest BCUT2D eigenvalue weighted by Gasteiger charge is 2.26. The number of pyridine rings is 1. The molecule has 0 radical (unpaired) electrons. The van der Waals surface area contributed by atoms with Crippen molar-refractivity contribution >= 4 is 32.7 Å². The van der Waals surface area contributed by atoms with Gasteiger partial charge < -0.3 is 9.84 Å². The zero-order valence-electron chi connectivity index (χ0n) is 18.7. The topological polar surface area (TPSA) is 105 Å². The quantitative estimate of drug-likeness (QED) is 0.450. The van der Waals surface area contributed by atoms with Crippen LogP contribution in [0.1, 0.15) is 35.3 Å². The fourth-order valence-electron chi connectivity index (χ4n) is 4.19. The third-order valence-corrected chi connectivity index (χ3v) is 7.91. The molecule has 9 heteroatoms. The molecule has 34 heavy (non-hydrogen) atoms. The summed E-state index contributed by atoms with van der Waals surface area (Å²) in [5, 5.41) is 7.38. The molecule has 1 N–H and O–H groups in total. The Bertz CT molecular complexity index is 1440. The van der Waals surface area contributed by atoms with E-state index in [1.54, 1.807) is 25.1 Å². The summed E-state index contributed by atoms with van der Waals surface area (Å²) < 4.78 is 32.6. The standard InChI is InChI=1S/C25H24N4O4S/c1-17-23-21(16-22(27-25(23)33-28-17)18-8-4-2-5-9-18)24(30)26-19-10-12-20(13-11-19)34(31,32)29-14-6-3-7-15-29/h2,4-5,8-13,16H,3,6-7,14-15H2,1H3,(H,26,30). The Morgan fingerprint density at radius 3 is 2.41 bits per heavy atom. The summed E-state index contributed by atoms with van der Waals surface area (Å²) in [6.07, 6.45) is 2.80. The molecule has 0 bridgehead atoms. The van der Waals surface area contributed by atoms with Gasteiger partial charge in [-0.15, -0.1) is 0 Å². The van der Waals surface area contributed by atoms with E-state index in [1.165, 1.54) is 16.4 Å². The number of amides is 1. The molecular formula is C25H24N4O4S. The van der Waals surface area contributed by atoms with Crippen LogP contribution in [0.4, 0.5) is 5.69 Å². The third kappa shape index (κ3) is 4.20. The number of sulfonamides is 1. The Morgan fingerprint density at radius 2 is 1.71 bits per heavy atom. The number of anilines is 1. The van der Waals surface area contributed by atoms with E-state index in [0.29, 0.717) is 41.1 Å². The van der Waals surface area contributed by atoms with Crippen molar-refractivity contribution in [3.63, 3.8) is 0 Å². The molecule has 5 rings (SSSR count). The van der Waals surface area contributed by atoms with Gasteiger partial charge in [-0.3, -0.25) is 4.79 Å². The first-order chi connectivity index (χ1) is 16.4. The van der Waals surface area contributed by atoms with Crippen LogP contribution in [0.25, 0.3) is 22.4 Å². The Labute approximate surface area is 197 Å². The summed E-state index contributed by atoms with van der Waals surface area (Å²) in [4.78, 5) is 18.0. The number of piperidine rings is 1. The van der Waals surface area contributed by atoms with Gasteiger partial charge >= 0.3 is 0 Å². The van der Waals surface area contributed by atoms with Crippen molar-refractivity contribution in [2.45, 2.75) is 31.1 Å². The van der Waals surface area contributed by atoms with Crippen molar-refractivity contribution < 1.29 is 17.7 Å². The Morgan fingerprint density at radius 1 is 1.00 bits per heavy atom. The molecule has 2 aromatic carbocycles. The molecule has 0 aliphatic carbocycles. The molecule has 0 saturated carbocycles. The molecule has 1 fully saturated rings. The van der Waals surface area contributed by atoms with E-state index >= 15 is 0 Å². The number of benzene rings is 2. The molecule has 1 saturated heterocycles. The second kappa shape index (κ2) is 9.00. The number of carbonyl (C=O) groups excluding carboxylic acids is 1. The minimum Gasteiger partial charge on any atom is -0.335 e. The predicted octanol–water partition coefficient (Wildman–Crippen LogP) is 4.63. The number of hydrogen-bond donors (Lipinski definition) is 1. The largest absolute Gasteiger partial charge is 0.335 e. The van der Waals surface area contributed by atoms with E-state index in [0.717, 1.165) is 24.8 Å². The van der Waals surface area contributed by atoms with Crippen molar-refractivity contribution in [3.8, 4) is 11.3 Å². The first kappa shape index (κ1) is 22.2. The summed E-state index contributed by atoms with van der Waals surface area (Å²) in [6, 6.07) is 17.5. The van der Waals surface area contributed by atoms with Crippen molar-refractivity contribution in [3.05, 3.63) is 71.9 Å². The molecule has 8 nitrogen and oxygen atoms in total. The van der Waals surface area contributed by atoms with Crippen LogP contribution in [0.15, 0.2) is 70.1 Å². The molecule has 1 amide bonds. The number of nitrogens with zero attached hydrogens (tertiary/aromatic N) is 3. The number of fused-ring (bicyclic) bond motifs is 1. The van der Waals surface area contributed by atoms with E-state index in [9.17, 15) is 13.2 Å². The molecule has 1 aliphatic heterocycles. The van der Waals surface area contributed by atoms with Gasteiger partial charge in [0.05, 0.1) is 27.2 Å². The monoisotopic (exact) mass is 476 g/mol. The molecule has 3 heterocycles. The lowest BCUT2D eigenvalue weighted by molar-refractivity contribution is 0.102. The van der Waals surface area contributed by atoms with Crippen molar-refractivity contribution in [2.24, 2.45) is 0 Å². The van der Waals surface area contributed by atoms with E-state index < -0.39 is 10.0 Å². The minimum atomic E-state index is -3.53. The second-order valence-corrected chi connectivity index (χ2v) is 10.3. The van der Waals surface area contributed by atoms with Crippen LogP contribution >= 0.6 is 0 Å². The van der Waals surface area contributed by atoms with Gasteiger partial charge in [-0.2, -0.15) is 4.31 Å². The fraction of sp³-hybridized carbons (Fsp3) is 0.240. The molecule has 4 aromatic rings. The zero-order valence-corrected chi connectivity index (χ0v) is 19.5. The molecular weight excluding hydrogens is 452 g/mol. The number of nitrogens with one attached hydrogen (secondary N) is 1. The van der Waals surface area contributed by atoms with Gasteiger partial charge in [0.1, 0.15) is 0 Å². The highest BCUT2D eigenvalue weighted by molar-refractivity contribution is 7.89. The number of hydrogen-bond acceptors (Lipinski definition) is 6. The maximum Gasteiger partial charge on any atom is 0.259 e. The molecule has 2 aromatic heterocycles. The molecule has 174 valence electrons. The van der Waals surface area contributed by atoms with Crippen LogP contribution in [0.5, 0.6) is 0 Å². The van der Waals surface area contributed by atoms with Crippen LogP contribution in [0.3, 0.4) is 0 Å². The van der Waals surface area contributed by atoms with E-state index in [4.69, 9.17) is 4.52 Å². The first-order valence-electron chi connectivity index (χ1n) is 11.2. The van der Waals surface area contributed by atoms with E-state index in [-0.39, 0.29) is 16.5 Å². The van der Waals surface area contributed by atoms with Crippen LogP contribution in [0.2, 0.25) is 0 Å². The van der Waals surface area contributed by atoms with Gasteiger partial charge in [0, 0.05) is 24.3 Å². The van der Waals surface area contributed by atoms with Crippen molar-refractivity contribution in [1.82, 2.24) is 14.4 Å². The minimum absolute atomic E-state index is 0.222. The van der Waals surface area contributed by atoms with Crippen LogP contribution < -0.4 is 5.32 Å².